The van der Waals surface area contributed by atoms with Crippen LogP contribution >= 0.6 is 12.2 Å². The van der Waals surface area contributed by atoms with E-state index in [0.717, 1.165) is 35.0 Å². The van der Waals surface area contributed by atoms with E-state index in [1.165, 1.54) is 19.3 Å². The van der Waals surface area contributed by atoms with E-state index in [2.05, 4.69) is 25.8 Å². The maximum absolute atomic E-state index is 11.3. The van der Waals surface area contributed by atoms with Crippen LogP contribution < -0.4 is 5.32 Å². The van der Waals surface area contributed by atoms with Crippen molar-refractivity contribution in [2.24, 2.45) is 0 Å². The average molecular weight is 447 g/mol. The number of thiocarbonyl (C=S) groups is 1. The predicted molar refractivity (Wildman–Crippen MR) is 127 cm³/mol. The van der Waals surface area contributed by atoms with E-state index >= 15 is 0 Å². The van der Waals surface area contributed by atoms with Crippen LogP contribution in [0.4, 0.5) is 0 Å². The lowest BCUT2D eigenvalue weighted by Crippen LogP contribution is -2.40. The second-order valence-electron chi connectivity index (χ2n) is 8.48. The maximum atomic E-state index is 11.3. The van der Waals surface area contributed by atoms with Crippen molar-refractivity contribution in [3.8, 4) is 5.69 Å². The third kappa shape index (κ3) is 3.77. The number of pyridine rings is 1. The lowest BCUT2D eigenvalue weighted by Gasteiger charge is -2.37. The first kappa shape index (κ1) is 20.7. The molecule has 0 unspecified atom stereocenters. The van der Waals surface area contributed by atoms with Crippen LogP contribution in [-0.4, -0.2) is 36.7 Å². The van der Waals surface area contributed by atoms with E-state index in [0.29, 0.717) is 6.04 Å². The van der Waals surface area contributed by atoms with Gasteiger partial charge in [-0.3, -0.25) is 4.98 Å². The Hall–Kier alpha value is -3.19. The van der Waals surface area contributed by atoms with Gasteiger partial charge in [0, 0.05) is 29.8 Å². The minimum atomic E-state index is -0.923. The zero-order valence-electron chi connectivity index (χ0n) is 17.7. The van der Waals surface area contributed by atoms with Crippen molar-refractivity contribution in [2.75, 3.05) is 0 Å². The topological polar surface area (TPSA) is 70.4 Å². The number of rotatable bonds is 5. The lowest BCUT2D eigenvalue weighted by molar-refractivity contribution is 0.0697. The summed E-state index contributed by atoms with van der Waals surface area (Å²) in [5.41, 5.74) is 3.28. The average Bonchev–Trinajstić information content (AvgIpc) is 3.44. The number of hydrogen-bond donors (Lipinski definition) is 2. The van der Waals surface area contributed by atoms with Gasteiger partial charge in [-0.2, -0.15) is 0 Å². The summed E-state index contributed by atoms with van der Waals surface area (Å²) in [5, 5.41) is 13.6. The number of carboxylic acids is 1. The molecule has 0 bridgehead atoms. The van der Waals surface area contributed by atoms with E-state index in [1.54, 1.807) is 12.1 Å². The van der Waals surface area contributed by atoms with Crippen LogP contribution in [0.3, 0.4) is 0 Å². The monoisotopic (exact) mass is 446 g/mol. The van der Waals surface area contributed by atoms with E-state index in [-0.39, 0.29) is 17.6 Å². The summed E-state index contributed by atoms with van der Waals surface area (Å²) in [6.07, 6.45) is 9.86. The summed E-state index contributed by atoms with van der Waals surface area (Å²) in [5.74, 6) is -0.923. The number of aromatic nitrogens is 2. The van der Waals surface area contributed by atoms with Crippen molar-refractivity contribution in [2.45, 2.75) is 50.2 Å². The van der Waals surface area contributed by atoms with Crippen molar-refractivity contribution in [1.29, 1.82) is 0 Å². The molecule has 7 heteroatoms. The largest absolute Gasteiger partial charge is 0.478 e. The molecular weight excluding hydrogens is 420 g/mol. The summed E-state index contributed by atoms with van der Waals surface area (Å²) in [6.45, 7) is 0. The highest BCUT2D eigenvalue weighted by Crippen LogP contribution is 2.43. The van der Waals surface area contributed by atoms with Crippen molar-refractivity contribution >= 4 is 23.3 Å². The molecule has 1 saturated carbocycles. The van der Waals surface area contributed by atoms with Gasteiger partial charge in [-0.25, -0.2) is 4.79 Å². The molecule has 1 aliphatic heterocycles. The zero-order chi connectivity index (χ0) is 22.1. The molecule has 0 radical (unpaired) electrons. The first-order chi connectivity index (χ1) is 15.6. The number of carboxylic acid groups (broad SMARTS) is 1. The van der Waals surface area contributed by atoms with Gasteiger partial charge >= 0.3 is 5.97 Å². The molecule has 6 nitrogen and oxygen atoms in total. The van der Waals surface area contributed by atoms with Gasteiger partial charge in [-0.15, -0.1) is 0 Å². The molecule has 164 valence electrons. The standard InChI is InChI=1S/C25H26N4O2S/c30-24(31)17-11-13-18(14-12-17)28-16-6-10-21(28)23-22(20-9-4-5-15-26-20)27-25(32)29(23)19-7-2-1-3-8-19/h4-6,9-16,19,22-23H,1-3,7-8H2,(H,27,32)(H,30,31)/t22-,23+/m0/s1. The molecular formula is C25H26N4O2S. The number of benzene rings is 1. The van der Waals surface area contributed by atoms with Gasteiger partial charge in [-0.05, 0) is 73.6 Å². The molecule has 0 amide bonds. The third-order valence-corrected chi connectivity index (χ3v) is 6.91. The Labute approximate surface area is 192 Å². The predicted octanol–water partition coefficient (Wildman–Crippen LogP) is 4.88. The lowest BCUT2D eigenvalue weighted by atomic mass is 9.92. The Bertz CT molecular complexity index is 1110. The highest BCUT2D eigenvalue weighted by Gasteiger charge is 2.44. The van der Waals surface area contributed by atoms with Gasteiger partial charge in [0.2, 0.25) is 0 Å². The maximum Gasteiger partial charge on any atom is 0.335 e. The van der Waals surface area contributed by atoms with E-state index in [4.69, 9.17) is 12.2 Å². The van der Waals surface area contributed by atoms with Gasteiger partial charge in [0.05, 0.1) is 23.3 Å². The van der Waals surface area contributed by atoms with E-state index in [9.17, 15) is 9.90 Å². The first-order valence-corrected chi connectivity index (χ1v) is 11.5. The Balaban J connectivity index is 1.58. The molecule has 1 saturated heterocycles. The second kappa shape index (κ2) is 8.74. The summed E-state index contributed by atoms with van der Waals surface area (Å²) in [4.78, 5) is 18.3. The molecule has 32 heavy (non-hydrogen) atoms. The first-order valence-electron chi connectivity index (χ1n) is 11.1. The van der Waals surface area contributed by atoms with Crippen LogP contribution in [0.5, 0.6) is 0 Å². The zero-order valence-corrected chi connectivity index (χ0v) is 18.5. The summed E-state index contributed by atoms with van der Waals surface area (Å²) in [7, 11) is 0. The van der Waals surface area contributed by atoms with Crippen molar-refractivity contribution in [1.82, 2.24) is 19.8 Å². The van der Waals surface area contributed by atoms with Crippen LogP contribution in [0, 0.1) is 0 Å². The molecule has 3 heterocycles. The number of aromatic carboxylic acids is 1. The molecule has 0 spiro atoms. The van der Waals surface area contributed by atoms with Gasteiger partial charge in [0.1, 0.15) is 0 Å². The third-order valence-electron chi connectivity index (χ3n) is 6.58. The molecule has 5 rings (SSSR count). The van der Waals surface area contributed by atoms with Crippen molar-refractivity contribution in [3.63, 3.8) is 0 Å². The quantitative estimate of drug-likeness (QED) is 0.545. The number of nitrogens with one attached hydrogen (secondary N) is 1. The van der Waals surface area contributed by atoms with Crippen molar-refractivity contribution in [3.05, 3.63) is 83.9 Å². The van der Waals surface area contributed by atoms with Gasteiger partial charge < -0.3 is 19.9 Å². The fourth-order valence-electron chi connectivity index (χ4n) is 5.07. The highest BCUT2D eigenvalue weighted by molar-refractivity contribution is 7.80. The molecule has 2 fully saturated rings. The van der Waals surface area contributed by atoms with E-state index in [1.807, 2.05) is 48.8 Å². The minimum absolute atomic E-state index is 0.00495. The molecule has 2 aromatic heterocycles. The SMILES string of the molecule is O=C(O)c1ccc(-n2cccc2[C@@H]2[C@H](c3ccccn3)NC(=S)N2C2CCCCC2)cc1. The molecule has 3 aromatic rings. The fourth-order valence-corrected chi connectivity index (χ4v) is 5.46. The van der Waals surface area contributed by atoms with E-state index < -0.39 is 5.97 Å². The summed E-state index contributed by atoms with van der Waals surface area (Å²) in [6, 6.07) is 17.5. The van der Waals surface area contributed by atoms with Gasteiger partial charge in [0.15, 0.2) is 5.11 Å². The van der Waals surface area contributed by atoms with Crippen LogP contribution in [0.2, 0.25) is 0 Å². The van der Waals surface area contributed by atoms with Gasteiger partial charge in [-0.1, -0.05) is 25.3 Å². The highest BCUT2D eigenvalue weighted by atomic mass is 32.1. The molecule has 2 N–H and O–H groups in total. The number of hydrogen-bond acceptors (Lipinski definition) is 3. The molecule has 1 aliphatic carbocycles. The molecule has 2 aliphatic rings. The Morgan fingerprint density at radius 3 is 2.50 bits per heavy atom. The smallest absolute Gasteiger partial charge is 0.335 e. The molecule has 2 atom stereocenters. The van der Waals surface area contributed by atoms with Gasteiger partial charge in [0.25, 0.3) is 0 Å². The van der Waals surface area contributed by atoms with Crippen molar-refractivity contribution < 1.29 is 9.90 Å². The Morgan fingerprint density at radius 1 is 1.03 bits per heavy atom. The summed E-state index contributed by atoms with van der Waals surface area (Å²) >= 11 is 5.87. The van der Waals surface area contributed by atoms with Crippen LogP contribution in [0.1, 0.15) is 65.9 Å². The Kier molecular flexibility index (Phi) is 5.66. The van der Waals surface area contributed by atoms with Crippen LogP contribution in [0.15, 0.2) is 67.0 Å². The van der Waals surface area contributed by atoms with Crippen LogP contribution in [0.25, 0.3) is 5.69 Å². The molecule has 1 aromatic carbocycles. The minimum Gasteiger partial charge on any atom is -0.478 e. The van der Waals surface area contributed by atoms with Crippen LogP contribution in [-0.2, 0) is 0 Å². The fraction of sp³-hybridized carbons (Fsp3) is 0.320. The normalized spacial score (nSPS) is 21.5. The number of carbonyl (C=O) groups is 1. The summed E-state index contributed by atoms with van der Waals surface area (Å²) < 4.78 is 2.14. The second-order valence-corrected chi connectivity index (χ2v) is 8.87. The number of nitrogens with zero attached hydrogens (tertiary/aromatic N) is 3. The Morgan fingerprint density at radius 2 is 1.81 bits per heavy atom.